The zero-order chi connectivity index (χ0) is 35.6. The summed E-state index contributed by atoms with van der Waals surface area (Å²) in [6, 6.07) is 18.6. The van der Waals surface area contributed by atoms with Gasteiger partial charge >= 0.3 is 19.4 Å². The van der Waals surface area contributed by atoms with E-state index in [4.69, 9.17) is 35.5 Å². The Morgan fingerprint density at radius 2 is 1.21 bits per heavy atom. The van der Waals surface area contributed by atoms with Gasteiger partial charge in [0.1, 0.15) is 22.1 Å². The van der Waals surface area contributed by atoms with Crippen molar-refractivity contribution >= 4 is 36.7 Å². The molecular weight excluding hydrogens is 641 g/mol. The standard InChI is InChI=1S/C32H40NO6PS.C7H8/c1-11-36-29(34)24-27(30(35)37-12-2)40(33-28(24)41)38-25-20(13-18(3)15-22(25)31(5,6)7)17-21-14-19(4)16-23(26(21)39-40)32(8,9)10;1-7-5-3-2-4-6-7/h13-16H,11-12,17H2,1-10H3;2-6H,1H3. The van der Waals surface area contributed by atoms with Gasteiger partial charge in [0, 0.05) is 17.5 Å². The third kappa shape index (κ3) is 7.93. The van der Waals surface area contributed by atoms with E-state index in [2.05, 4.69) is 98.7 Å². The minimum absolute atomic E-state index is 0.0806. The molecule has 0 fully saturated rings. The Bertz CT molecular complexity index is 1750. The zero-order valence-electron chi connectivity index (χ0n) is 30.1. The van der Waals surface area contributed by atoms with Crippen LogP contribution in [0, 0.1) is 20.8 Å². The van der Waals surface area contributed by atoms with E-state index in [-0.39, 0.29) is 39.9 Å². The molecule has 0 saturated carbocycles. The van der Waals surface area contributed by atoms with Crippen LogP contribution in [0.3, 0.4) is 0 Å². The number of ether oxygens (including phenoxy) is 2. The lowest BCUT2D eigenvalue weighted by Crippen LogP contribution is -2.23. The molecule has 0 amide bonds. The van der Waals surface area contributed by atoms with Crippen molar-refractivity contribution in [2.45, 2.75) is 93.4 Å². The minimum Gasteiger partial charge on any atom is -0.462 e. The summed E-state index contributed by atoms with van der Waals surface area (Å²) in [5, 5.41) is -0.109. The van der Waals surface area contributed by atoms with E-state index in [0.29, 0.717) is 17.9 Å². The van der Waals surface area contributed by atoms with Gasteiger partial charge in [-0.1, -0.05) is 125 Å². The number of fused-ring (bicyclic) bond motifs is 2. The fourth-order valence-electron chi connectivity index (χ4n) is 5.69. The largest absolute Gasteiger partial charge is 0.462 e. The predicted molar refractivity (Wildman–Crippen MR) is 197 cm³/mol. The number of hydrogen-bond donors (Lipinski definition) is 0. The van der Waals surface area contributed by atoms with E-state index in [1.165, 1.54) is 5.56 Å². The number of carbonyl (C=O) groups is 2. The number of aryl methyl sites for hydroxylation is 3. The number of carbonyl (C=O) groups excluding carboxylic acids is 2. The van der Waals surface area contributed by atoms with E-state index in [0.717, 1.165) is 33.4 Å². The summed E-state index contributed by atoms with van der Waals surface area (Å²) in [5.41, 5.74) is 6.50. The number of rotatable bonds is 4. The van der Waals surface area contributed by atoms with Gasteiger partial charge in [0.2, 0.25) is 0 Å². The van der Waals surface area contributed by atoms with Crippen molar-refractivity contribution in [2.75, 3.05) is 13.2 Å². The first kappa shape index (κ1) is 37.1. The van der Waals surface area contributed by atoms with Gasteiger partial charge in [-0.25, -0.2) is 9.59 Å². The fourth-order valence-corrected chi connectivity index (χ4v) is 8.72. The molecule has 2 heterocycles. The predicted octanol–water partition coefficient (Wildman–Crippen LogP) is 10.0. The molecule has 3 aromatic rings. The molecule has 0 saturated heterocycles. The fraction of sp³-hybridized carbons (Fsp3) is 0.410. The van der Waals surface area contributed by atoms with Crippen LogP contribution in [0.25, 0.3) is 0 Å². The van der Waals surface area contributed by atoms with Crippen LogP contribution in [-0.4, -0.2) is 30.1 Å². The normalized spacial score (nSPS) is 15.0. The Hall–Kier alpha value is -3.74. The number of hydrogen-bond acceptors (Lipinski definition) is 7. The number of esters is 2. The molecule has 0 aromatic heterocycles. The van der Waals surface area contributed by atoms with Gasteiger partial charge in [-0.2, -0.15) is 4.74 Å². The number of nitrogens with zero attached hydrogens (tertiary/aromatic N) is 1. The van der Waals surface area contributed by atoms with Crippen molar-refractivity contribution < 1.29 is 28.1 Å². The molecule has 1 spiro atoms. The first-order valence-corrected chi connectivity index (χ1v) is 18.3. The van der Waals surface area contributed by atoms with E-state index in [9.17, 15) is 9.59 Å². The molecule has 0 atom stereocenters. The van der Waals surface area contributed by atoms with Crippen molar-refractivity contribution in [1.82, 2.24) is 0 Å². The molecule has 9 heteroatoms. The maximum atomic E-state index is 13.7. The molecule has 2 aliphatic heterocycles. The molecular formula is C39H48NO6PS. The van der Waals surface area contributed by atoms with Gasteiger partial charge in [0.15, 0.2) is 5.31 Å². The molecule has 256 valence electrons. The molecule has 0 aliphatic carbocycles. The van der Waals surface area contributed by atoms with Gasteiger partial charge in [0.25, 0.3) is 0 Å². The van der Waals surface area contributed by atoms with E-state index < -0.39 is 19.4 Å². The van der Waals surface area contributed by atoms with Crippen LogP contribution in [0.1, 0.15) is 94.3 Å². The topological polar surface area (TPSA) is 83.4 Å². The van der Waals surface area contributed by atoms with E-state index in [1.54, 1.807) is 13.8 Å². The first-order chi connectivity index (χ1) is 22.4. The molecule has 2 aliphatic rings. The second-order valence-electron chi connectivity index (χ2n) is 14.2. The molecule has 3 aromatic carbocycles. The summed E-state index contributed by atoms with van der Waals surface area (Å²) in [4.78, 5) is 26.9. The van der Waals surface area contributed by atoms with Gasteiger partial charge in [-0.3, -0.25) is 0 Å². The Morgan fingerprint density at radius 3 is 1.60 bits per heavy atom. The van der Waals surface area contributed by atoms with Crippen LogP contribution in [0.4, 0.5) is 0 Å². The third-order valence-corrected chi connectivity index (χ3v) is 10.6. The average Bonchev–Trinajstić information content (AvgIpc) is 3.26. The quantitative estimate of drug-likeness (QED) is 0.153. The number of benzene rings is 3. The summed E-state index contributed by atoms with van der Waals surface area (Å²) in [7, 11) is -3.80. The Balaban J connectivity index is 0.000000659. The van der Waals surface area contributed by atoms with Crippen LogP contribution in [-0.2, 0) is 36.3 Å². The third-order valence-electron chi connectivity index (χ3n) is 7.89. The summed E-state index contributed by atoms with van der Waals surface area (Å²) in [6.07, 6.45) is 0.549. The van der Waals surface area contributed by atoms with Crippen molar-refractivity contribution in [1.29, 1.82) is 0 Å². The first-order valence-electron chi connectivity index (χ1n) is 16.4. The second-order valence-corrected chi connectivity index (χ2v) is 16.6. The number of thiocarbonyl (C=S) groups is 1. The van der Waals surface area contributed by atoms with Crippen LogP contribution in [0.15, 0.2) is 70.2 Å². The maximum Gasteiger partial charge on any atom is 0.361 e. The van der Waals surface area contributed by atoms with Gasteiger partial charge in [-0.15, -0.1) is 0 Å². The molecule has 0 radical (unpaired) electrons. The van der Waals surface area contributed by atoms with Crippen molar-refractivity contribution in [3.8, 4) is 11.5 Å². The van der Waals surface area contributed by atoms with Gasteiger partial charge in [0.05, 0.1) is 13.2 Å². The highest BCUT2D eigenvalue weighted by molar-refractivity contribution is 7.82. The lowest BCUT2D eigenvalue weighted by Gasteiger charge is -2.35. The van der Waals surface area contributed by atoms with Crippen LogP contribution in [0.2, 0.25) is 0 Å². The smallest absolute Gasteiger partial charge is 0.361 e. The lowest BCUT2D eigenvalue weighted by atomic mass is 9.81. The highest BCUT2D eigenvalue weighted by atomic mass is 32.1. The molecule has 0 N–H and O–H groups in total. The van der Waals surface area contributed by atoms with Crippen molar-refractivity contribution in [2.24, 2.45) is 4.74 Å². The van der Waals surface area contributed by atoms with E-state index >= 15 is 0 Å². The highest BCUT2D eigenvalue weighted by Gasteiger charge is 2.50. The summed E-state index contributed by atoms with van der Waals surface area (Å²) in [6.45, 7) is 22.4. The lowest BCUT2D eigenvalue weighted by molar-refractivity contribution is -0.140. The Morgan fingerprint density at radius 1 is 0.750 bits per heavy atom. The van der Waals surface area contributed by atoms with Crippen molar-refractivity contribution in [3.05, 3.63) is 104 Å². The highest BCUT2D eigenvalue weighted by Crippen LogP contribution is 2.66. The van der Waals surface area contributed by atoms with Crippen LogP contribution < -0.4 is 9.05 Å². The van der Waals surface area contributed by atoms with Crippen LogP contribution >= 0.6 is 19.7 Å². The Kier molecular flexibility index (Phi) is 11.1. The minimum atomic E-state index is -3.80. The zero-order valence-corrected chi connectivity index (χ0v) is 31.8. The molecule has 48 heavy (non-hydrogen) atoms. The summed E-state index contributed by atoms with van der Waals surface area (Å²) >= 11 is 5.63. The SMILES string of the molecule is CCOC(=O)C1=C(C(=O)OCC)P2(=NC1=S)Oc1c(cc(C)cc1C(C)(C)C)Cc1cc(C)cc(C(C)(C)C)c1O2.Cc1ccccc1. The second kappa shape index (κ2) is 14.4. The molecule has 7 nitrogen and oxygen atoms in total. The average molecular weight is 690 g/mol. The van der Waals surface area contributed by atoms with Gasteiger partial charge < -0.3 is 18.5 Å². The van der Waals surface area contributed by atoms with E-state index in [1.807, 2.05) is 18.2 Å². The van der Waals surface area contributed by atoms with Crippen molar-refractivity contribution in [3.63, 3.8) is 0 Å². The monoisotopic (exact) mass is 689 g/mol. The Labute approximate surface area is 291 Å². The maximum absolute atomic E-state index is 13.7. The molecule has 0 bridgehead atoms. The summed E-state index contributed by atoms with van der Waals surface area (Å²) in [5.74, 6) is -0.348. The van der Waals surface area contributed by atoms with Gasteiger partial charge in [-0.05, 0) is 56.6 Å². The summed E-state index contributed by atoms with van der Waals surface area (Å²) < 4.78 is 29.4. The molecule has 0 unspecified atom stereocenters. The molecule has 5 rings (SSSR count). The van der Waals surface area contributed by atoms with Crippen LogP contribution in [0.5, 0.6) is 11.5 Å².